The van der Waals surface area contributed by atoms with Crippen molar-refractivity contribution in [2.45, 2.75) is 32.6 Å². The van der Waals surface area contributed by atoms with Gasteiger partial charge in [0.1, 0.15) is 5.82 Å². The van der Waals surface area contributed by atoms with Crippen LogP contribution in [-0.4, -0.2) is 35.3 Å². The van der Waals surface area contributed by atoms with Crippen LogP contribution in [0.2, 0.25) is 0 Å². The monoisotopic (exact) mass is 395 g/mol. The number of nitrogens with zero attached hydrogens (tertiary/aromatic N) is 1. The molecule has 2 N–H and O–H groups in total. The highest BCUT2D eigenvalue weighted by Crippen LogP contribution is 2.33. The van der Waals surface area contributed by atoms with Crippen molar-refractivity contribution in [2.75, 3.05) is 11.9 Å². The normalized spacial score (nSPS) is 13.4. The molecular weight excluding hydrogens is 375 g/mol. The zero-order valence-electron chi connectivity index (χ0n) is 15.6. The molecule has 1 heterocycles. The molecule has 0 saturated heterocycles. The number of hydrogen-bond acceptors (Lipinski definition) is 5. The number of carbonyl (C=O) groups excluding carboxylic acids is 2. The lowest BCUT2D eigenvalue weighted by molar-refractivity contribution is -0.204. The van der Waals surface area contributed by atoms with Gasteiger partial charge in [-0.2, -0.15) is 13.2 Å². The molecule has 9 heteroatoms. The van der Waals surface area contributed by atoms with Crippen LogP contribution in [0.5, 0.6) is 0 Å². The number of benzene rings is 1. The lowest BCUT2D eigenvalue weighted by Gasteiger charge is -2.35. The van der Waals surface area contributed by atoms with Gasteiger partial charge in [0.25, 0.3) is 5.91 Å². The fourth-order valence-corrected chi connectivity index (χ4v) is 2.46. The number of amides is 1. The molecule has 1 unspecified atom stereocenters. The lowest BCUT2D eigenvalue weighted by Crippen LogP contribution is -2.69. The molecule has 0 aliphatic heterocycles. The number of aromatic nitrogens is 1. The maximum absolute atomic E-state index is 14.1. The van der Waals surface area contributed by atoms with Crippen LogP contribution in [0.3, 0.4) is 0 Å². The Hall–Kier alpha value is -3.10. The Morgan fingerprint density at radius 3 is 2.36 bits per heavy atom. The number of nitrogens with one attached hydrogen (secondary N) is 2. The van der Waals surface area contributed by atoms with Gasteiger partial charge in [-0.25, -0.2) is 9.78 Å². The minimum atomic E-state index is -5.22. The number of carbonyl (C=O) groups is 2. The number of alkyl halides is 3. The van der Waals surface area contributed by atoms with Crippen molar-refractivity contribution in [2.24, 2.45) is 0 Å². The van der Waals surface area contributed by atoms with E-state index in [2.05, 4.69) is 9.72 Å². The topological polar surface area (TPSA) is 80.3 Å². The molecule has 1 aromatic heterocycles. The highest BCUT2D eigenvalue weighted by molar-refractivity contribution is 5.99. The first-order valence-corrected chi connectivity index (χ1v) is 8.44. The van der Waals surface area contributed by atoms with Crippen molar-refractivity contribution in [1.29, 1.82) is 0 Å². The molecule has 1 amide bonds. The number of esters is 1. The number of pyridine rings is 1. The summed E-state index contributed by atoms with van der Waals surface area (Å²) in [4.78, 5) is 28.9. The van der Waals surface area contributed by atoms with Gasteiger partial charge in [0.05, 0.1) is 6.61 Å². The van der Waals surface area contributed by atoms with Crippen LogP contribution in [0.25, 0.3) is 0 Å². The van der Waals surface area contributed by atoms with Crippen LogP contribution in [-0.2, 0) is 9.53 Å². The Kier molecular flexibility index (Phi) is 6.27. The third-order valence-corrected chi connectivity index (χ3v) is 3.79. The molecule has 1 atom stereocenters. The third kappa shape index (κ3) is 4.59. The summed E-state index contributed by atoms with van der Waals surface area (Å²) in [7, 11) is 0. The maximum atomic E-state index is 14.1. The first kappa shape index (κ1) is 21.2. The van der Waals surface area contributed by atoms with Gasteiger partial charge in [0.15, 0.2) is 0 Å². The minimum Gasteiger partial charge on any atom is -0.463 e. The van der Waals surface area contributed by atoms with Gasteiger partial charge in [0.2, 0.25) is 0 Å². The largest absolute Gasteiger partial charge is 0.463 e. The standard InChI is InChI=1S/C19H20F3N3O3/c1-4-28-17(27)18(19(20,21)22,24-15-10-6-8-13(3)23-15)25-16(26)14-9-5-7-12(2)11-14/h5-11H,4H2,1-3H3,(H,23,24)(H,25,26). The molecule has 0 aliphatic rings. The molecule has 0 bridgehead atoms. The second kappa shape index (κ2) is 8.28. The molecule has 2 rings (SSSR count). The Morgan fingerprint density at radius 2 is 1.79 bits per heavy atom. The van der Waals surface area contributed by atoms with E-state index in [1.165, 1.54) is 37.3 Å². The van der Waals surface area contributed by atoms with E-state index in [9.17, 15) is 22.8 Å². The average Bonchev–Trinajstić information content (AvgIpc) is 2.60. The van der Waals surface area contributed by atoms with E-state index in [0.717, 1.165) is 0 Å². The van der Waals surface area contributed by atoms with Crippen LogP contribution in [0, 0.1) is 13.8 Å². The number of ether oxygens (including phenoxy) is 1. The van der Waals surface area contributed by atoms with E-state index in [0.29, 0.717) is 11.3 Å². The molecule has 1 aromatic carbocycles. The Balaban J connectivity index is 2.52. The van der Waals surface area contributed by atoms with Gasteiger partial charge >= 0.3 is 17.8 Å². The molecule has 0 spiro atoms. The number of halogens is 3. The van der Waals surface area contributed by atoms with Crippen LogP contribution in [0.4, 0.5) is 19.0 Å². The SMILES string of the molecule is CCOC(=O)C(NC(=O)c1cccc(C)c1)(Nc1cccc(C)n1)C(F)(F)F. The molecular formula is C19H20F3N3O3. The maximum Gasteiger partial charge on any atom is 0.441 e. The first-order valence-electron chi connectivity index (χ1n) is 8.44. The third-order valence-electron chi connectivity index (χ3n) is 3.79. The van der Waals surface area contributed by atoms with Crippen molar-refractivity contribution in [3.63, 3.8) is 0 Å². The average molecular weight is 395 g/mol. The Morgan fingerprint density at radius 1 is 1.11 bits per heavy atom. The summed E-state index contributed by atoms with van der Waals surface area (Å²) in [6.07, 6.45) is -5.22. The molecule has 0 saturated carbocycles. The van der Waals surface area contributed by atoms with Crippen molar-refractivity contribution in [3.05, 3.63) is 59.3 Å². The zero-order valence-corrected chi connectivity index (χ0v) is 15.6. The van der Waals surface area contributed by atoms with Gasteiger partial charge in [-0.1, -0.05) is 23.8 Å². The molecule has 0 aliphatic carbocycles. The van der Waals surface area contributed by atoms with Gasteiger partial charge in [0, 0.05) is 11.3 Å². The molecule has 0 radical (unpaired) electrons. The van der Waals surface area contributed by atoms with Gasteiger partial charge < -0.3 is 15.4 Å². The summed E-state index contributed by atoms with van der Waals surface area (Å²) in [6.45, 7) is 4.33. The van der Waals surface area contributed by atoms with Gasteiger partial charge in [-0.15, -0.1) is 0 Å². The minimum absolute atomic E-state index is 0.0306. The Labute approximate surface area is 160 Å². The van der Waals surface area contributed by atoms with Crippen molar-refractivity contribution >= 4 is 17.7 Å². The second-order valence-corrected chi connectivity index (χ2v) is 6.08. The van der Waals surface area contributed by atoms with Crippen molar-refractivity contribution < 1.29 is 27.5 Å². The summed E-state index contributed by atoms with van der Waals surface area (Å²) in [5.41, 5.74) is -2.44. The molecule has 150 valence electrons. The van der Waals surface area contributed by atoms with E-state index >= 15 is 0 Å². The predicted molar refractivity (Wildman–Crippen MR) is 96.7 cm³/mol. The molecule has 0 fully saturated rings. The Bertz CT molecular complexity index is 871. The van der Waals surface area contributed by atoms with Crippen LogP contribution in [0.1, 0.15) is 28.5 Å². The summed E-state index contributed by atoms with van der Waals surface area (Å²) >= 11 is 0. The molecule has 6 nitrogen and oxygen atoms in total. The second-order valence-electron chi connectivity index (χ2n) is 6.08. The molecule has 2 aromatic rings. The first-order chi connectivity index (χ1) is 13.1. The number of hydrogen-bond donors (Lipinski definition) is 2. The summed E-state index contributed by atoms with van der Waals surface area (Å²) < 4.78 is 46.9. The lowest BCUT2D eigenvalue weighted by atomic mass is 10.1. The summed E-state index contributed by atoms with van der Waals surface area (Å²) in [6, 6.07) is 10.3. The fourth-order valence-electron chi connectivity index (χ4n) is 2.46. The van der Waals surface area contributed by atoms with E-state index in [1.807, 2.05) is 5.32 Å². The smallest absolute Gasteiger partial charge is 0.441 e. The predicted octanol–water partition coefficient (Wildman–Crippen LogP) is 3.36. The van der Waals surface area contributed by atoms with Crippen LogP contribution >= 0.6 is 0 Å². The van der Waals surface area contributed by atoms with E-state index < -0.39 is 23.7 Å². The van der Waals surface area contributed by atoms with Crippen molar-refractivity contribution in [1.82, 2.24) is 10.3 Å². The fraction of sp³-hybridized carbons (Fsp3) is 0.316. The van der Waals surface area contributed by atoms with Crippen LogP contribution in [0.15, 0.2) is 42.5 Å². The van der Waals surface area contributed by atoms with E-state index in [1.54, 1.807) is 31.3 Å². The molecule has 28 heavy (non-hydrogen) atoms. The van der Waals surface area contributed by atoms with Crippen LogP contribution < -0.4 is 10.6 Å². The summed E-state index contributed by atoms with van der Waals surface area (Å²) in [5.74, 6) is -3.02. The van der Waals surface area contributed by atoms with E-state index in [4.69, 9.17) is 0 Å². The van der Waals surface area contributed by atoms with Crippen molar-refractivity contribution in [3.8, 4) is 0 Å². The van der Waals surface area contributed by atoms with Gasteiger partial charge in [-0.3, -0.25) is 4.79 Å². The highest BCUT2D eigenvalue weighted by Gasteiger charge is 2.64. The number of aryl methyl sites for hydroxylation is 2. The zero-order chi connectivity index (χ0) is 20.9. The van der Waals surface area contributed by atoms with Gasteiger partial charge in [-0.05, 0) is 45.0 Å². The quantitative estimate of drug-likeness (QED) is 0.579. The number of anilines is 1. The van der Waals surface area contributed by atoms with E-state index in [-0.39, 0.29) is 18.0 Å². The highest BCUT2D eigenvalue weighted by atomic mass is 19.4. The number of rotatable bonds is 6. The summed E-state index contributed by atoms with van der Waals surface area (Å²) in [5, 5.41) is 3.81.